The first-order chi connectivity index (χ1) is 23.7. The lowest BCUT2D eigenvalue weighted by Gasteiger charge is -2.50. The Balaban J connectivity index is 1.19. The van der Waals surface area contributed by atoms with E-state index in [9.17, 15) is 24.6 Å². The molecule has 2 atom stereocenters. The molecule has 11 heteroatoms. The number of phenols is 1. The van der Waals surface area contributed by atoms with Crippen LogP contribution >= 0.6 is 0 Å². The van der Waals surface area contributed by atoms with E-state index in [4.69, 9.17) is 0 Å². The molecule has 3 saturated heterocycles. The Kier molecular flexibility index (Phi) is 8.98. The van der Waals surface area contributed by atoms with Gasteiger partial charge in [0.25, 0.3) is 5.91 Å². The second kappa shape index (κ2) is 13.5. The number of aliphatic hydroxyl groups excluding tert-OH is 1. The average Bonchev–Trinajstić information content (AvgIpc) is 3.44. The lowest BCUT2D eigenvalue weighted by Crippen LogP contribution is -2.74. The van der Waals surface area contributed by atoms with Crippen molar-refractivity contribution >= 4 is 28.6 Å². The quantitative estimate of drug-likeness (QED) is 0.248. The maximum Gasteiger partial charge on any atom is 0.253 e. The number of benzene rings is 3. The van der Waals surface area contributed by atoms with Crippen molar-refractivity contribution in [1.82, 2.24) is 29.7 Å². The van der Waals surface area contributed by atoms with Gasteiger partial charge in [-0.25, -0.2) is 10.4 Å². The molecule has 0 radical (unpaired) electrons. The zero-order chi connectivity index (χ0) is 34.2. The number of phenolic OH excluding ortho intramolecular Hbond substituents is 1. The average molecular weight is 663 g/mol. The van der Waals surface area contributed by atoms with Gasteiger partial charge in [-0.3, -0.25) is 14.4 Å². The van der Waals surface area contributed by atoms with E-state index in [2.05, 4.69) is 28.8 Å². The summed E-state index contributed by atoms with van der Waals surface area (Å²) in [5.41, 5.74) is 8.80. The number of piperazine rings is 1. The number of para-hydroxylation sites is 1. The largest absolute Gasteiger partial charge is 0.508 e. The topological polar surface area (TPSA) is 122 Å². The second-order valence-electron chi connectivity index (χ2n) is 13.3. The number of aliphatic hydroxyl groups is 1. The summed E-state index contributed by atoms with van der Waals surface area (Å²) in [7, 11) is 1.99. The van der Waals surface area contributed by atoms with E-state index < -0.39 is 12.2 Å². The molecule has 0 unspecified atom stereocenters. The fourth-order valence-electron chi connectivity index (χ4n) is 7.53. The molecule has 3 aromatic carbocycles. The van der Waals surface area contributed by atoms with Crippen molar-refractivity contribution in [1.29, 1.82) is 0 Å². The predicted molar refractivity (Wildman–Crippen MR) is 186 cm³/mol. The van der Waals surface area contributed by atoms with Crippen molar-refractivity contribution in [3.8, 4) is 16.9 Å². The number of hydrogen-bond donors (Lipinski definition) is 3. The van der Waals surface area contributed by atoms with Crippen LogP contribution in [0.5, 0.6) is 5.75 Å². The number of rotatable bonds is 8. The molecule has 11 nitrogen and oxygen atoms in total. The molecule has 4 heterocycles. The molecule has 0 aliphatic carbocycles. The van der Waals surface area contributed by atoms with Gasteiger partial charge < -0.3 is 29.5 Å². The van der Waals surface area contributed by atoms with Crippen LogP contribution in [0.25, 0.3) is 22.0 Å². The van der Waals surface area contributed by atoms with Gasteiger partial charge in [0.05, 0.1) is 24.7 Å². The highest BCUT2D eigenvalue weighted by Crippen LogP contribution is 2.34. The number of piperidine rings is 1. The van der Waals surface area contributed by atoms with Gasteiger partial charge in [-0.05, 0) is 53.8 Å². The van der Waals surface area contributed by atoms with E-state index in [0.29, 0.717) is 57.5 Å². The fourth-order valence-corrected chi connectivity index (χ4v) is 7.53. The van der Waals surface area contributed by atoms with Gasteiger partial charge in [0.15, 0.2) is 0 Å². The number of nitrogens with zero attached hydrogens (tertiary/aromatic N) is 5. The molecule has 3 aliphatic heterocycles. The predicted octanol–water partition coefficient (Wildman–Crippen LogP) is 3.26. The molecule has 4 aromatic rings. The Bertz CT molecular complexity index is 1900. The summed E-state index contributed by atoms with van der Waals surface area (Å²) < 4.78 is 2.07. The molecule has 0 saturated carbocycles. The van der Waals surface area contributed by atoms with Crippen LogP contribution in [0.3, 0.4) is 0 Å². The standard InChI is InChI=1S/C38H42N6O5/c1-3-16-43-24-35(47)44-33(19-25-10-12-29(45)13-11-25)38(49)42(23-34(44)39-43)21-28-8-5-9-31-32(22-40(2)36(28)31)26-6-4-7-27(20-26)37(48)41-17-14-30(46)15-18-41/h3-13,20,22,30,33-34,39,45-46H,1,14-19,21,23-24H2,2H3/t33-,34+/m0/s1. The zero-order valence-electron chi connectivity index (χ0n) is 27.7. The zero-order valence-corrected chi connectivity index (χ0v) is 27.7. The summed E-state index contributed by atoms with van der Waals surface area (Å²) in [4.78, 5) is 46.4. The van der Waals surface area contributed by atoms with Gasteiger partial charge >= 0.3 is 0 Å². The van der Waals surface area contributed by atoms with Crippen molar-refractivity contribution in [3.63, 3.8) is 0 Å². The van der Waals surface area contributed by atoms with Gasteiger partial charge in [0.2, 0.25) is 11.8 Å². The van der Waals surface area contributed by atoms with Crippen molar-refractivity contribution in [2.24, 2.45) is 7.05 Å². The molecule has 3 amide bonds. The molecular formula is C38H42N6O5. The molecule has 7 rings (SSSR count). The van der Waals surface area contributed by atoms with E-state index in [0.717, 1.165) is 33.2 Å². The number of carbonyl (C=O) groups excluding carboxylic acids is 3. The Hall–Kier alpha value is -4.97. The number of aryl methyl sites for hydroxylation is 1. The molecule has 3 N–H and O–H groups in total. The number of fused-ring (bicyclic) bond motifs is 2. The van der Waals surface area contributed by atoms with Crippen molar-refractivity contribution in [2.75, 3.05) is 32.7 Å². The van der Waals surface area contributed by atoms with E-state index in [-0.39, 0.29) is 36.1 Å². The normalized spacial score (nSPS) is 20.6. The highest BCUT2D eigenvalue weighted by atomic mass is 16.3. The molecule has 0 spiro atoms. The van der Waals surface area contributed by atoms with Crippen LogP contribution in [0, 0.1) is 0 Å². The summed E-state index contributed by atoms with van der Waals surface area (Å²) in [6, 6.07) is 19.9. The first kappa shape index (κ1) is 32.6. The third-order valence-electron chi connectivity index (χ3n) is 9.94. The van der Waals surface area contributed by atoms with Gasteiger partial charge in [-0.2, -0.15) is 0 Å². The summed E-state index contributed by atoms with van der Waals surface area (Å²) in [5.74, 6) is -0.129. The maximum atomic E-state index is 14.3. The number of hydrazine groups is 1. The third kappa shape index (κ3) is 6.44. The van der Waals surface area contributed by atoms with Crippen LogP contribution in [0.4, 0.5) is 0 Å². The first-order valence-electron chi connectivity index (χ1n) is 16.8. The monoisotopic (exact) mass is 662 g/mol. The maximum absolute atomic E-state index is 14.3. The van der Waals surface area contributed by atoms with Gasteiger partial charge in [-0.15, -0.1) is 6.58 Å². The summed E-state index contributed by atoms with van der Waals surface area (Å²) in [6.07, 6.45) is 4.56. The first-order valence-corrected chi connectivity index (χ1v) is 16.8. The highest BCUT2D eigenvalue weighted by molar-refractivity contribution is 6.00. The van der Waals surface area contributed by atoms with Gasteiger partial charge in [-0.1, -0.05) is 48.5 Å². The molecule has 0 bridgehead atoms. The van der Waals surface area contributed by atoms with Gasteiger partial charge in [0.1, 0.15) is 18.0 Å². The minimum Gasteiger partial charge on any atom is -0.508 e. The van der Waals surface area contributed by atoms with Crippen LogP contribution in [0.1, 0.15) is 34.3 Å². The fraction of sp³-hybridized carbons (Fsp3) is 0.342. The van der Waals surface area contributed by atoms with Crippen LogP contribution in [0.2, 0.25) is 0 Å². The molecule has 1 aromatic heterocycles. The Labute approximate surface area is 285 Å². The number of nitrogens with one attached hydrogen (secondary N) is 1. The third-order valence-corrected chi connectivity index (χ3v) is 9.94. The van der Waals surface area contributed by atoms with E-state index in [1.54, 1.807) is 35.2 Å². The molecule has 49 heavy (non-hydrogen) atoms. The lowest BCUT2D eigenvalue weighted by atomic mass is 9.98. The molecule has 3 aliphatic rings. The van der Waals surface area contributed by atoms with Crippen LogP contribution < -0.4 is 5.43 Å². The summed E-state index contributed by atoms with van der Waals surface area (Å²) >= 11 is 0. The minimum absolute atomic E-state index is 0.0318. The summed E-state index contributed by atoms with van der Waals surface area (Å²) in [6.45, 7) is 6.20. The molecule has 3 fully saturated rings. The van der Waals surface area contributed by atoms with E-state index in [1.165, 1.54) is 0 Å². The van der Waals surface area contributed by atoms with E-state index in [1.807, 2.05) is 58.3 Å². The Morgan fingerprint density at radius 2 is 1.80 bits per heavy atom. The highest BCUT2D eigenvalue weighted by Gasteiger charge is 2.46. The molecular weight excluding hydrogens is 620 g/mol. The Morgan fingerprint density at radius 3 is 2.55 bits per heavy atom. The Morgan fingerprint density at radius 1 is 1.04 bits per heavy atom. The molecule has 254 valence electrons. The van der Waals surface area contributed by atoms with Crippen molar-refractivity contribution in [3.05, 3.63) is 102 Å². The van der Waals surface area contributed by atoms with Crippen LogP contribution in [-0.2, 0) is 29.6 Å². The summed E-state index contributed by atoms with van der Waals surface area (Å²) in [5, 5.41) is 22.6. The van der Waals surface area contributed by atoms with E-state index >= 15 is 0 Å². The van der Waals surface area contributed by atoms with Gasteiger partial charge in [0, 0.05) is 62.4 Å². The minimum atomic E-state index is -0.708. The van der Waals surface area contributed by atoms with Crippen LogP contribution in [-0.4, -0.2) is 103 Å². The lowest BCUT2D eigenvalue weighted by molar-refractivity contribution is -0.168. The van der Waals surface area contributed by atoms with Crippen LogP contribution in [0.15, 0.2) is 85.6 Å². The second-order valence-corrected chi connectivity index (χ2v) is 13.3. The smallest absolute Gasteiger partial charge is 0.253 e. The van der Waals surface area contributed by atoms with Crippen molar-refractivity contribution < 1.29 is 24.6 Å². The number of aromatic nitrogens is 1. The number of carbonyl (C=O) groups is 3. The number of likely N-dealkylation sites (tertiary alicyclic amines) is 1. The number of amides is 3. The number of aromatic hydroxyl groups is 1. The SMILES string of the molecule is C=CCN1CC(=O)N2[C@H](CN(Cc3cccc4c(-c5cccc(C(=O)N6CCC(O)CC6)c5)cn(C)c34)C(=O)[C@@H]2Cc2ccc(O)cc2)N1. The number of hydrogen-bond acceptors (Lipinski definition) is 7. The van der Waals surface area contributed by atoms with Crippen molar-refractivity contribution in [2.45, 2.75) is 44.1 Å².